The zero-order valence-electron chi connectivity index (χ0n) is 19.6. The highest BCUT2D eigenvalue weighted by Crippen LogP contribution is 2.28. The van der Waals surface area contributed by atoms with Crippen LogP contribution >= 0.6 is 0 Å². The number of nitrogens with one attached hydrogen (secondary N) is 2. The summed E-state index contributed by atoms with van der Waals surface area (Å²) in [4.78, 5) is 26.3. The van der Waals surface area contributed by atoms with Gasteiger partial charge in [0, 0.05) is 62.2 Å². The molecule has 4 N–H and O–H groups in total. The van der Waals surface area contributed by atoms with E-state index >= 15 is 0 Å². The molecule has 1 amide bonds. The van der Waals surface area contributed by atoms with Crippen LogP contribution in [-0.2, 0) is 4.79 Å². The van der Waals surface area contributed by atoms with Gasteiger partial charge in [0.05, 0.1) is 17.9 Å². The molecule has 0 atom stereocenters. The van der Waals surface area contributed by atoms with Crippen molar-refractivity contribution in [1.82, 2.24) is 19.9 Å². The van der Waals surface area contributed by atoms with Gasteiger partial charge < -0.3 is 30.5 Å². The van der Waals surface area contributed by atoms with E-state index < -0.39 is 6.61 Å². The number of hydrogen-bond donors (Lipinski definition) is 4. The molecule has 1 fully saturated rings. The van der Waals surface area contributed by atoms with Crippen molar-refractivity contribution in [2.24, 2.45) is 0 Å². The van der Waals surface area contributed by atoms with Crippen LogP contribution < -0.4 is 15.4 Å². The molecule has 11 heteroatoms. The van der Waals surface area contributed by atoms with Gasteiger partial charge in [-0.05, 0) is 30.3 Å². The molecule has 1 aliphatic heterocycles. The van der Waals surface area contributed by atoms with Gasteiger partial charge in [-0.1, -0.05) is 0 Å². The highest BCUT2D eigenvalue weighted by molar-refractivity contribution is 5.77. The molecule has 1 saturated heterocycles. The fourth-order valence-electron chi connectivity index (χ4n) is 3.88. The molecule has 1 aromatic carbocycles. The maximum atomic E-state index is 11.6. The SMILES string of the molecule is N#Cc1cc(-c2ccnc(Nc3ccnc(NCCO)c3)n2)ccc1OC1CCN(C(=O)CO)CC1. The average molecular weight is 490 g/mol. The summed E-state index contributed by atoms with van der Waals surface area (Å²) in [7, 11) is 0. The van der Waals surface area contributed by atoms with E-state index in [0.717, 1.165) is 11.3 Å². The molecular formula is C25H27N7O4. The number of hydrogen-bond acceptors (Lipinski definition) is 10. The zero-order chi connectivity index (χ0) is 25.3. The highest BCUT2D eigenvalue weighted by Gasteiger charge is 2.24. The van der Waals surface area contributed by atoms with E-state index in [4.69, 9.17) is 14.9 Å². The molecule has 0 unspecified atom stereocenters. The number of rotatable bonds is 9. The van der Waals surface area contributed by atoms with E-state index in [2.05, 4.69) is 31.7 Å². The summed E-state index contributed by atoms with van der Waals surface area (Å²) < 4.78 is 6.08. The van der Waals surface area contributed by atoms with E-state index in [0.29, 0.717) is 61.2 Å². The van der Waals surface area contributed by atoms with Crippen LogP contribution in [0.25, 0.3) is 11.3 Å². The fourth-order valence-corrected chi connectivity index (χ4v) is 3.88. The second-order valence-electron chi connectivity index (χ2n) is 8.15. The van der Waals surface area contributed by atoms with E-state index in [1.165, 1.54) is 0 Å². The molecule has 0 spiro atoms. The molecule has 0 saturated carbocycles. The van der Waals surface area contributed by atoms with Crippen LogP contribution in [0, 0.1) is 11.3 Å². The van der Waals surface area contributed by atoms with Crippen molar-refractivity contribution in [3.63, 3.8) is 0 Å². The fraction of sp³-hybridized carbons (Fsp3) is 0.320. The van der Waals surface area contributed by atoms with Crippen molar-refractivity contribution < 1.29 is 19.7 Å². The Morgan fingerprint density at radius 2 is 1.94 bits per heavy atom. The molecule has 0 aliphatic carbocycles. The summed E-state index contributed by atoms with van der Waals surface area (Å²) in [6.07, 6.45) is 4.42. The number of aliphatic hydroxyl groups excluding tert-OH is 2. The van der Waals surface area contributed by atoms with Crippen molar-refractivity contribution in [3.8, 4) is 23.1 Å². The molecule has 36 heavy (non-hydrogen) atoms. The minimum atomic E-state index is -0.489. The topological polar surface area (TPSA) is 157 Å². The second kappa shape index (κ2) is 11.9. The van der Waals surface area contributed by atoms with Gasteiger partial charge in [0.1, 0.15) is 30.3 Å². The van der Waals surface area contributed by atoms with Crippen molar-refractivity contribution in [1.29, 1.82) is 5.26 Å². The first-order valence-electron chi connectivity index (χ1n) is 11.6. The molecule has 0 bridgehead atoms. The number of nitriles is 1. The summed E-state index contributed by atoms with van der Waals surface area (Å²) in [6.45, 7) is 0.932. The highest BCUT2D eigenvalue weighted by atomic mass is 16.5. The molecule has 1 aliphatic rings. The van der Waals surface area contributed by atoms with Crippen LogP contribution in [0.5, 0.6) is 5.75 Å². The summed E-state index contributed by atoms with van der Waals surface area (Å²) in [5.74, 6) is 1.21. The van der Waals surface area contributed by atoms with Gasteiger partial charge in [-0.25, -0.2) is 15.0 Å². The monoisotopic (exact) mass is 489 g/mol. The minimum absolute atomic E-state index is 0.00387. The minimum Gasteiger partial charge on any atom is -0.489 e. The lowest BCUT2D eigenvalue weighted by molar-refractivity contribution is -0.135. The van der Waals surface area contributed by atoms with Crippen molar-refractivity contribution in [3.05, 3.63) is 54.4 Å². The van der Waals surface area contributed by atoms with Crippen LogP contribution in [0.4, 0.5) is 17.5 Å². The Kier molecular flexibility index (Phi) is 8.23. The predicted octanol–water partition coefficient (Wildman–Crippen LogP) is 1.92. The van der Waals surface area contributed by atoms with Crippen molar-refractivity contribution >= 4 is 23.4 Å². The number of carbonyl (C=O) groups excluding carboxylic acids is 1. The molecule has 11 nitrogen and oxygen atoms in total. The average Bonchev–Trinajstić information content (AvgIpc) is 2.92. The summed E-state index contributed by atoms with van der Waals surface area (Å²) in [5, 5.41) is 33.9. The van der Waals surface area contributed by atoms with Crippen LogP contribution in [-0.4, -0.2) is 74.9 Å². The van der Waals surface area contributed by atoms with E-state index in [1.807, 2.05) is 6.07 Å². The van der Waals surface area contributed by atoms with Crippen molar-refractivity contribution in [2.75, 3.05) is 43.5 Å². The number of likely N-dealkylation sites (tertiary alicyclic amines) is 1. The molecule has 186 valence electrons. The van der Waals surface area contributed by atoms with Gasteiger partial charge in [0.15, 0.2) is 0 Å². The number of carbonyl (C=O) groups is 1. The molecule has 3 heterocycles. The number of aromatic nitrogens is 3. The lowest BCUT2D eigenvalue weighted by atomic mass is 10.1. The Labute approximate surface area is 208 Å². The summed E-state index contributed by atoms with van der Waals surface area (Å²) >= 11 is 0. The van der Waals surface area contributed by atoms with Gasteiger partial charge in [0.2, 0.25) is 11.9 Å². The van der Waals surface area contributed by atoms with Crippen LogP contribution in [0.1, 0.15) is 18.4 Å². The Bertz CT molecular complexity index is 1240. The molecule has 2 aromatic heterocycles. The van der Waals surface area contributed by atoms with Crippen LogP contribution in [0.3, 0.4) is 0 Å². The molecular weight excluding hydrogens is 462 g/mol. The third kappa shape index (κ3) is 6.24. The van der Waals surface area contributed by atoms with E-state index in [-0.39, 0.29) is 18.6 Å². The second-order valence-corrected chi connectivity index (χ2v) is 8.15. The number of piperidine rings is 1. The number of amides is 1. The normalized spacial score (nSPS) is 13.6. The lowest BCUT2D eigenvalue weighted by Gasteiger charge is -2.32. The Morgan fingerprint density at radius 3 is 2.69 bits per heavy atom. The van der Waals surface area contributed by atoms with Crippen molar-refractivity contribution in [2.45, 2.75) is 18.9 Å². The first kappa shape index (κ1) is 24.8. The number of benzene rings is 1. The van der Waals surface area contributed by atoms with Gasteiger partial charge >= 0.3 is 0 Å². The number of nitrogens with zero attached hydrogens (tertiary/aromatic N) is 5. The number of ether oxygens (including phenoxy) is 1. The zero-order valence-corrected chi connectivity index (χ0v) is 19.6. The quantitative estimate of drug-likeness (QED) is 0.350. The first-order chi connectivity index (χ1) is 17.6. The molecule has 3 aromatic rings. The lowest BCUT2D eigenvalue weighted by Crippen LogP contribution is -2.42. The number of pyridine rings is 1. The standard InChI is InChI=1S/C25H27N7O4/c26-15-18-13-17(1-2-22(18)36-20-5-10-32(11-6-20)24(35)16-34)21-4-8-29-25(31-21)30-19-3-7-27-23(14-19)28-9-12-33/h1-4,7-8,13-14,20,33-34H,5-6,9-12,16H2,(H2,27,28,29,30,31). The van der Waals surface area contributed by atoms with E-state index in [9.17, 15) is 10.1 Å². The third-order valence-electron chi connectivity index (χ3n) is 5.71. The number of anilines is 3. The molecule has 4 rings (SSSR count). The Balaban J connectivity index is 1.45. The van der Waals surface area contributed by atoms with Gasteiger partial charge in [-0.3, -0.25) is 4.79 Å². The van der Waals surface area contributed by atoms with Crippen LogP contribution in [0.2, 0.25) is 0 Å². The van der Waals surface area contributed by atoms with Gasteiger partial charge in [0.25, 0.3) is 0 Å². The maximum absolute atomic E-state index is 11.6. The summed E-state index contributed by atoms with van der Waals surface area (Å²) in [5.41, 5.74) is 2.51. The Morgan fingerprint density at radius 1 is 1.14 bits per heavy atom. The van der Waals surface area contributed by atoms with Gasteiger partial charge in [-0.15, -0.1) is 0 Å². The van der Waals surface area contributed by atoms with Gasteiger partial charge in [-0.2, -0.15) is 5.26 Å². The largest absolute Gasteiger partial charge is 0.489 e. The van der Waals surface area contributed by atoms with E-state index in [1.54, 1.807) is 47.6 Å². The Hall–Kier alpha value is -4.27. The third-order valence-corrected chi connectivity index (χ3v) is 5.71. The predicted molar refractivity (Wildman–Crippen MR) is 133 cm³/mol. The molecule has 0 radical (unpaired) electrons. The van der Waals surface area contributed by atoms with Crippen LogP contribution in [0.15, 0.2) is 48.8 Å². The summed E-state index contributed by atoms with van der Waals surface area (Å²) in [6, 6.07) is 12.9. The number of aliphatic hydroxyl groups is 2. The maximum Gasteiger partial charge on any atom is 0.248 e. The first-order valence-corrected chi connectivity index (χ1v) is 11.6. The smallest absolute Gasteiger partial charge is 0.248 e.